The zero-order chi connectivity index (χ0) is 12.3. The fourth-order valence-electron chi connectivity index (χ4n) is 2.24. The highest BCUT2D eigenvalue weighted by molar-refractivity contribution is 8.00. The molecule has 1 aliphatic heterocycles. The molecule has 1 aromatic rings. The summed E-state index contributed by atoms with van der Waals surface area (Å²) < 4.78 is 5.38. The van der Waals surface area contributed by atoms with E-state index in [1.807, 2.05) is 18.7 Å². The van der Waals surface area contributed by atoms with Crippen molar-refractivity contribution in [3.05, 3.63) is 11.7 Å². The second kappa shape index (κ2) is 5.87. The van der Waals surface area contributed by atoms with Crippen LogP contribution in [0.3, 0.4) is 0 Å². The molecule has 1 aromatic heterocycles. The Kier molecular flexibility index (Phi) is 4.45. The van der Waals surface area contributed by atoms with Crippen molar-refractivity contribution in [1.82, 2.24) is 15.5 Å². The summed E-state index contributed by atoms with van der Waals surface area (Å²) in [6, 6.07) is 0. The molecule has 0 saturated carbocycles. The molecule has 0 radical (unpaired) electrons. The van der Waals surface area contributed by atoms with Crippen LogP contribution < -0.4 is 5.32 Å². The van der Waals surface area contributed by atoms with Gasteiger partial charge in [-0.05, 0) is 44.0 Å². The van der Waals surface area contributed by atoms with Gasteiger partial charge in [-0.1, -0.05) is 19.0 Å². The van der Waals surface area contributed by atoms with Crippen molar-refractivity contribution in [3.8, 4) is 0 Å². The molecule has 1 saturated heterocycles. The van der Waals surface area contributed by atoms with E-state index in [0.29, 0.717) is 16.4 Å². The summed E-state index contributed by atoms with van der Waals surface area (Å²) in [6.45, 7) is 8.54. The van der Waals surface area contributed by atoms with Crippen LogP contribution in [0.1, 0.15) is 43.7 Å². The van der Waals surface area contributed by atoms with E-state index in [-0.39, 0.29) is 0 Å². The van der Waals surface area contributed by atoms with Crippen molar-refractivity contribution in [2.75, 3.05) is 13.1 Å². The first-order chi connectivity index (χ1) is 8.16. The van der Waals surface area contributed by atoms with Gasteiger partial charge in [-0.3, -0.25) is 0 Å². The molecule has 2 heterocycles. The highest BCUT2D eigenvalue weighted by atomic mass is 32.2. The fourth-order valence-corrected chi connectivity index (χ4v) is 3.53. The van der Waals surface area contributed by atoms with Gasteiger partial charge in [0.05, 0.1) is 5.25 Å². The van der Waals surface area contributed by atoms with Crippen molar-refractivity contribution in [3.63, 3.8) is 0 Å². The van der Waals surface area contributed by atoms with Crippen LogP contribution in [-0.2, 0) is 0 Å². The van der Waals surface area contributed by atoms with Gasteiger partial charge in [0, 0.05) is 0 Å². The Labute approximate surface area is 107 Å². The van der Waals surface area contributed by atoms with E-state index in [9.17, 15) is 0 Å². The fraction of sp³-hybridized carbons (Fsp3) is 0.833. The van der Waals surface area contributed by atoms with Crippen molar-refractivity contribution < 1.29 is 4.52 Å². The lowest BCUT2D eigenvalue weighted by Gasteiger charge is -2.29. The quantitative estimate of drug-likeness (QED) is 0.896. The number of rotatable bonds is 4. The van der Waals surface area contributed by atoms with Crippen LogP contribution in [0, 0.1) is 12.8 Å². The van der Waals surface area contributed by atoms with E-state index in [2.05, 4.69) is 29.3 Å². The minimum Gasteiger partial charge on any atom is -0.338 e. The maximum Gasteiger partial charge on any atom is 0.240 e. The smallest absolute Gasteiger partial charge is 0.240 e. The SMILES string of the molecule is Cc1noc(C(SC(C)C)C2CCNCC2)n1. The minimum atomic E-state index is 0.360. The second-order valence-electron chi connectivity index (χ2n) is 4.87. The molecule has 1 fully saturated rings. The highest BCUT2D eigenvalue weighted by Gasteiger charge is 2.30. The summed E-state index contributed by atoms with van der Waals surface area (Å²) in [7, 11) is 0. The van der Waals surface area contributed by atoms with Crippen LogP contribution in [0.25, 0.3) is 0 Å². The molecule has 17 heavy (non-hydrogen) atoms. The maximum absolute atomic E-state index is 5.38. The largest absolute Gasteiger partial charge is 0.338 e. The average Bonchev–Trinajstić information content (AvgIpc) is 2.73. The third-order valence-electron chi connectivity index (χ3n) is 3.02. The van der Waals surface area contributed by atoms with Gasteiger partial charge in [-0.2, -0.15) is 4.98 Å². The topological polar surface area (TPSA) is 51.0 Å². The third-order valence-corrected chi connectivity index (χ3v) is 4.44. The molecule has 0 aromatic carbocycles. The van der Waals surface area contributed by atoms with Crippen LogP contribution in [0.2, 0.25) is 0 Å². The molecule has 1 N–H and O–H groups in total. The molecule has 96 valence electrons. The van der Waals surface area contributed by atoms with Gasteiger partial charge >= 0.3 is 0 Å². The van der Waals surface area contributed by atoms with E-state index in [4.69, 9.17) is 4.52 Å². The summed E-state index contributed by atoms with van der Waals surface area (Å²) in [4.78, 5) is 4.42. The molecule has 2 rings (SSSR count). The molecule has 0 spiro atoms. The predicted molar refractivity (Wildman–Crippen MR) is 70.1 cm³/mol. The normalized spacial score (nSPS) is 19.8. The van der Waals surface area contributed by atoms with Gasteiger partial charge in [0.25, 0.3) is 0 Å². The maximum atomic E-state index is 5.38. The van der Waals surface area contributed by atoms with Crippen molar-refractivity contribution >= 4 is 11.8 Å². The zero-order valence-corrected chi connectivity index (χ0v) is 11.6. The summed E-state index contributed by atoms with van der Waals surface area (Å²) in [6.07, 6.45) is 2.40. The molecule has 1 unspecified atom stereocenters. The first kappa shape index (κ1) is 12.9. The summed E-state index contributed by atoms with van der Waals surface area (Å²) in [5.74, 6) is 2.21. The third kappa shape index (κ3) is 3.45. The van der Waals surface area contributed by atoms with Crippen molar-refractivity contribution in [2.45, 2.75) is 44.1 Å². The number of nitrogens with zero attached hydrogens (tertiary/aromatic N) is 2. The average molecular weight is 255 g/mol. The lowest BCUT2D eigenvalue weighted by atomic mass is 9.94. The highest BCUT2D eigenvalue weighted by Crippen LogP contribution is 2.41. The monoisotopic (exact) mass is 255 g/mol. The molecule has 4 nitrogen and oxygen atoms in total. The van der Waals surface area contributed by atoms with Gasteiger partial charge in [-0.15, -0.1) is 11.8 Å². The Bertz CT molecular complexity index is 347. The van der Waals surface area contributed by atoms with Gasteiger partial charge in [0.15, 0.2) is 5.82 Å². The molecule has 1 aliphatic rings. The molecule has 0 amide bonds. The van der Waals surface area contributed by atoms with E-state index < -0.39 is 0 Å². The minimum absolute atomic E-state index is 0.360. The summed E-state index contributed by atoms with van der Waals surface area (Å²) >= 11 is 1.95. The number of hydrogen-bond acceptors (Lipinski definition) is 5. The number of aromatic nitrogens is 2. The Morgan fingerprint density at radius 2 is 2.06 bits per heavy atom. The molecule has 0 aliphatic carbocycles. The van der Waals surface area contributed by atoms with E-state index in [1.54, 1.807) is 0 Å². The lowest BCUT2D eigenvalue weighted by Crippen LogP contribution is -2.30. The van der Waals surface area contributed by atoms with Gasteiger partial charge in [-0.25, -0.2) is 0 Å². The zero-order valence-electron chi connectivity index (χ0n) is 10.8. The van der Waals surface area contributed by atoms with Crippen LogP contribution in [-0.4, -0.2) is 28.5 Å². The Morgan fingerprint density at radius 3 is 2.59 bits per heavy atom. The Morgan fingerprint density at radius 1 is 1.35 bits per heavy atom. The van der Waals surface area contributed by atoms with Gasteiger partial charge in [0.1, 0.15) is 0 Å². The van der Waals surface area contributed by atoms with Crippen LogP contribution >= 0.6 is 11.8 Å². The molecular weight excluding hydrogens is 234 g/mol. The van der Waals surface area contributed by atoms with Crippen molar-refractivity contribution in [1.29, 1.82) is 0 Å². The molecule has 1 atom stereocenters. The first-order valence-corrected chi connectivity index (χ1v) is 7.27. The second-order valence-corrected chi connectivity index (χ2v) is 6.60. The first-order valence-electron chi connectivity index (χ1n) is 6.33. The Hall–Kier alpha value is -0.550. The van der Waals surface area contributed by atoms with Crippen LogP contribution in [0.5, 0.6) is 0 Å². The molecule has 0 bridgehead atoms. The standard InChI is InChI=1S/C12H21N3OS/c1-8(2)17-11(10-4-6-13-7-5-10)12-14-9(3)15-16-12/h8,10-11,13H,4-7H2,1-3H3. The Balaban J connectivity index is 2.11. The number of aryl methyl sites for hydroxylation is 1. The predicted octanol–water partition coefficient (Wildman–Crippen LogP) is 2.56. The van der Waals surface area contributed by atoms with E-state index in [1.165, 1.54) is 12.8 Å². The van der Waals surface area contributed by atoms with Crippen molar-refractivity contribution in [2.24, 2.45) is 5.92 Å². The number of piperidine rings is 1. The molecule has 5 heteroatoms. The van der Waals surface area contributed by atoms with Gasteiger partial charge in [0.2, 0.25) is 5.89 Å². The van der Waals surface area contributed by atoms with E-state index in [0.717, 1.165) is 24.8 Å². The van der Waals surface area contributed by atoms with Crippen LogP contribution in [0.4, 0.5) is 0 Å². The van der Waals surface area contributed by atoms with E-state index >= 15 is 0 Å². The summed E-state index contributed by atoms with van der Waals surface area (Å²) in [5, 5.41) is 8.27. The van der Waals surface area contributed by atoms with Crippen LogP contribution in [0.15, 0.2) is 4.52 Å². The summed E-state index contributed by atoms with van der Waals surface area (Å²) in [5.41, 5.74) is 0. The molecular formula is C12H21N3OS. The number of thioether (sulfide) groups is 1. The number of nitrogens with one attached hydrogen (secondary N) is 1. The number of hydrogen-bond donors (Lipinski definition) is 1. The lowest BCUT2D eigenvalue weighted by molar-refractivity contribution is 0.307. The van der Waals surface area contributed by atoms with Gasteiger partial charge < -0.3 is 9.84 Å².